The summed E-state index contributed by atoms with van der Waals surface area (Å²) < 4.78 is 1.08. The van der Waals surface area contributed by atoms with Gasteiger partial charge in [-0.05, 0) is 43.7 Å². The Hall–Kier alpha value is -3.96. The van der Waals surface area contributed by atoms with Crippen molar-refractivity contribution in [3.05, 3.63) is 75.1 Å². The molecule has 0 saturated carbocycles. The maximum Gasteiger partial charge on any atom is 0.276 e. The number of nitriles is 1. The quantitative estimate of drug-likeness (QED) is 0.738. The Kier molecular flexibility index (Phi) is 5.95. The molecule has 1 aliphatic rings. The number of rotatable bonds is 5. The number of benzene rings is 1. The molecule has 30 heavy (non-hydrogen) atoms. The lowest BCUT2D eigenvalue weighted by atomic mass is 10.0. The third kappa shape index (κ3) is 3.66. The molecule has 0 spiro atoms. The van der Waals surface area contributed by atoms with Crippen LogP contribution in [-0.2, 0) is 4.79 Å². The first kappa shape index (κ1) is 20.8. The minimum absolute atomic E-state index is 0.0761. The second-order valence-electron chi connectivity index (χ2n) is 6.60. The number of aliphatic hydroxyl groups excluding tert-OH is 1. The van der Waals surface area contributed by atoms with E-state index < -0.39 is 5.56 Å². The third-order valence-corrected chi connectivity index (χ3v) is 4.74. The Morgan fingerprint density at radius 1 is 1.20 bits per heavy atom. The molecule has 0 saturated heterocycles. The number of pyridine rings is 1. The lowest BCUT2D eigenvalue weighted by Gasteiger charge is -2.14. The van der Waals surface area contributed by atoms with Gasteiger partial charge in [-0.1, -0.05) is 24.3 Å². The van der Waals surface area contributed by atoms with Crippen molar-refractivity contribution in [3.63, 3.8) is 0 Å². The van der Waals surface area contributed by atoms with Crippen molar-refractivity contribution in [3.8, 4) is 17.6 Å². The Balaban J connectivity index is 2.07. The van der Waals surface area contributed by atoms with Crippen molar-refractivity contribution in [2.24, 2.45) is 5.10 Å². The predicted molar refractivity (Wildman–Crippen MR) is 112 cm³/mol. The number of aromatic hydroxyl groups is 1. The Morgan fingerprint density at radius 2 is 1.90 bits per heavy atom. The summed E-state index contributed by atoms with van der Waals surface area (Å²) in [5.41, 5.74) is 1.24. The van der Waals surface area contributed by atoms with Gasteiger partial charge in [-0.2, -0.15) is 10.4 Å². The van der Waals surface area contributed by atoms with Crippen molar-refractivity contribution < 1.29 is 15.0 Å². The molecule has 0 aliphatic carbocycles. The van der Waals surface area contributed by atoms with Crippen LogP contribution in [-0.4, -0.2) is 44.6 Å². The summed E-state index contributed by atoms with van der Waals surface area (Å²) >= 11 is 0. The average Bonchev–Trinajstić information content (AvgIpc) is 2.99. The number of hydrogen-bond acceptors (Lipinski definition) is 6. The van der Waals surface area contributed by atoms with E-state index in [1.165, 1.54) is 11.1 Å². The van der Waals surface area contributed by atoms with Gasteiger partial charge in [0.15, 0.2) is 0 Å². The Labute approximate surface area is 172 Å². The minimum atomic E-state index is -0.609. The van der Waals surface area contributed by atoms with Gasteiger partial charge < -0.3 is 10.2 Å². The van der Waals surface area contributed by atoms with Crippen LogP contribution in [0.4, 0.5) is 0 Å². The van der Waals surface area contributed by atoms with Crippen LogP contribution in [0.15, 0.2) is 58.0 Å². The molecule has 3 rings (SSSR count). The van der Waals surface area contributed by atoms with Crippen LogP contribution in [0.2, 0.25) is 0 Å². The number of hydrogen-bond donors (Lipinski definition) is 2. The number of carbonyl (C=O) groups is 1. The number of β-amino-alcohol motifs (C(OH)–C–C–N with tert-alkyl or cyclic N) is 1. The van der Waals surface area contributed by atoms with Crippen molar-refractivity contribution in [1.82, 2.24) is 9.58 Å². The number of nitrogens with zero attached hydrogens (tertiary/aromatic N) is 4. The van der Waals surface area contributed by atoms with Gasteiger partial charge in [-0.15, -0.1) is 0 Å². The molecule has 2 aromatic rings. The Morgan fingerprint density at radius 3 is 2.53 bits per heavy atom. The fraction of sp³-hybridized carbons (Fsp3) is 0.182. The second kappa shape index (κ2) is 8.59. The molecule has 2 heterocycles. The van der Waals surface area contributed by atoms with E-state index in [4.69, 9.17) is 5.11 Å². The first-order valence-electron chi connectivity index (χ1n) is 9.21. The van der Waals surface area contributed by atoms with Gasteiger partial charge in [0.25, 0.3) is 11.5 Å². The number of hydrazone groups is 1. The van der Waals surface area contributed by atoms with E-state index in [0.717, 1.165) is 4.57 Å². The molecule has 0 unspecified atom stereocenters. The van der Waals surface area contributed by atoms with Gasteiger partial charge >= 0.3 is 0 Å². The van der Waals surface area contributed by atoms with Crippen LogP contribution in [0.5, 0.6) is 5.88 Å². The molecule has 1 amide bonds. The zero-order valence-electron chi connectivity index (χ0n) is 16.5. The van der Waals surface area contributed by atoms with Gasteiger partial charge in [-0.25, -0.2) is 9.58 Å². The Bertz CT molecular complexity index is 1180. The maximum atomic E-state index is 12.7. The van der Waals surface area contributed by atoms with Gasteiger partial charge in [0.2, 0.25) is 5.88 Å². The summed E-state index contributed by atoms with van der Waals surface area (Å²) in [6.45, 7) is 3.17. The van der Waals surface area contributed by atoms with Gasteiger partial charge in [0, 0.05) is 5.56 Å². The fourth-order valence-corrected chi connectivity index (χ4v) is 3.19. The first-order chi connectivity index (χ1) is 14.4. The van der Waals surface area contributed by atoms with E-state index in [1.807, 2.05) is 6.07 Å². The van der Waals surface area contributed by atoms with Gasteiger partial charge in [0.1, 0.15) is 11.6 Å². The smallest absolute Gasteiger partial charge is 0.276 e. The summed E-state index contributed by atoms with van der Waals surface area (Å²) in [6, 6.07) is 10.4. The standard InChI is InChI=1S/C22H20N4O4/c1-14-17(9-6-10-18-15(2)24-25(11-12-27)20(18)28)21(29)26(22(30)19(14)13-23)16-7-4-3-5-8-16/h3-10,27,29H,11-12H2,1-2H3. The van der Waals surface area contributed by atoms with Crippen LogP contribution in [0.1, 0.15) is 23.6 Å². The molecule has 0 bridgehead atoms. The number of para-hydroxylation sites is 1. The van der Waals surface area contributed by atoms with E-state index in [2.05, 4.69) is 5.10 Å². The summed E-state index contributed by atoms with van der Waals surface area (Å²) in [4.78, 5) is 25.0. The zero-order valence-corrected chi connectivity index (χ0v) is 16.5. The largest absolute Gasteiger partial charge is 0.494 e. The molecular weight excluding hydrogens is 384 g/mol. The molecular formula is C22H20N4O4. The second-order valence-corrected chi connectivity index (χ2v) is 6.60. The van der Waals surface area contributed by atoms with E-state index in [0.29, 0.717) is 28.1 Å². The molecule has 1 aromatic carbocycles. The number of aromatic nitrogens is 1. The lowest BCUT2D eigenvalue weighted by molar-refractivity contribution is -0.126. The highest BCUT2D eigenvalue weighted by Gasteiger charge is 2.26. The SMILES string of the molecule is CC1=NN(CCO)C(=O)C1=CC=Cc1c(C)c(C#N)c(=O)n(-c2ccccc2)c1O. The highest BCUT2D eigenvalue weighted by atomic mass is 16.3. The van der Waals surface area contributed by atoms with Crippen LogP contribution in [0.3, 0.4) is 0 Å². The topological polar surface area (TPSA) is 119 Å². The summed E-state index contributed by atoms with van der Waals surface area (Å²) in [5, 5.41) is 34.5. The molecule has 8 nitrogen and oxygen atoms in total. The number of carbonyl (C=O) groups excluding carboxylic acids is 1. The normalized spacial score (nSPS) is 15.1. The number of aliphatic hydroxyl groups is 1. The first-order valence-corrected chi connectivity index (χ1v) is 9.21. The van der Waals surface area contributed by atoms with E-state index in [1.54, 1.807) is 56.3 Å². The van der Waals surface area contributed by atoms with Crippen molar-refractivity contribution >= 4 is 17.7 Å². The molecule has 0 radical (unpaired) electrons. The molecule has 1 aliphatic heterocycles. The van der Waals surface area contributed by atoms with Crippen LogP contribution < -0.4 is 5.56 Å². The minimum Gasteiger partial charge on any atom is -0.494 e. The molecule has 0 atom stereocenters. The number of allylic oxidation sites excluding steroid dienone is 2. The van der Waals surface area contributed by atoms with Crippen molar-refractivity contribution in [1.29, 1.82) is 5.26 Å². The molecule has 2 N–H and O–H groups in total. The summed E-state index contributed by atoms with van der Waals surface area (Å²) in [7, 11) is 0. The van der Waals surface area contributed by atoms with Crippen molar-refractivity contribution in [2.45, 2.75) is 13.8 Å². The lowest BCUT2D eigenvalue weighted by Crippen LogP contribution is -2.25. The van der Waals surface area contributed by atoms with E-state index >= 15 is 0 Å². The van der Waals surface area contributed by atoms with Gasteiger partial charge in [0.05, 0.1) is 30.1 Å². The maximum absolute atomic E-state index is 12.7. The fourth-order valence-electron chi connectivity index (χ4n) is 3.19. The van der Waals surface area contributed by atoms with Crippen LogP contribution in [0.25, 0.3) is 11.8 Å². The van der Waals surface area contributed by atoms with E-state index in [9.17, 15) is 20.0 Å². The average molecular weight is 404 g/mol. The van der Waals surface area contributed by atoms with E-state index in [-0.39, 0.29) is 30.5 Å². The van der Waals surface area contributed by atoms with Gasteiger partial charge in [-0.3, -0.25) is 9.59 Å². The molecule has 8 heteroatoms. The molecule has 0 fully saturated rings. The summed E-state index contributed by atoms with van der Waals surface area (Å²) in [5.74, 6) is -0.637. The third-order valence-electron chi connectivity index (χ3n) is 4.74. The summed E-state index contributed by atoms with van der Waals surface area (Å²) in [6.07, 6.45) is 4.63. The number of amides is 1. The predicted octanol–water partition coefficient (Wildman–Crippen LogP) is 1.87. The monoisotopic (exact) mass is 404 g/mol. The highest BCUT2D eigenvalue weighted by Crippen LogP contribution is 2.26. The van der Waals surface area contributed by atoms with Crippen LogP contribution in [0, 0.1) is 18.3 Å². The zero-order chi connectivity index (χ0) is 21.8. The molecule has 1 aromatic heterocycles. The highest BCUT2D eigenvalue weighted by molar-refractivity contribution is 6.24. The van der Waals surface area contributed by atoms with Crippen LogP contribution >= 0.6 is 0 Å². The molecule has 152 valence electrons. The van der Waals surface area contributed by atoms with Crippen molar-refractivity contribution in [2.75, 3.05) is 13.2 Å².